The van der Waals surface area contributed by atoms with Gasteiger partial charge in [0.15, 0.2) is 22.8 Å². The molecule has 45 heavy (non-hydrogen) atoms. The first-order valence-corrected chi connectivity index (χ1v) is 15.6. The SMILES string of the molecule is Cc1ccc(/C2=C3/C=CC4=[N+]3[B-](F)(F)[N+]3=C(C=C/C3=C(/c3ccc(C)cc3)c3ccc([nH]3)C(C)(C)c3ccc2[nH]3)C4(C)C)cc1. The van der Waals surface area contributed by atoms with Gasteiger partial charge in [-0.05, 0) is 76.9 Å². The van der Waals surface area contributed by atoms with Gasteiger partial charge in [-0.3, -0.25) is 8.97 Å². The number of hydrogen-bond acceptors (Lipinski definition) is 0. The number of fused-ring (bicyclic) bond motifs is 4. The van der Waals surface area contributed by atoms with E-state index in [1.165, 1.54) is 8.97 Å². The van der Waals surface area contributed by atoms with E-state index in [4.69, 9.17) is 0 Å². The monoisotopic (exact) mass is 597 g/mol. The Morgan fingerprint density at radius 3 is 1.33 bits per heavy atom. The number of H-pyrrole nitrogens is 2. The Labute approximate surface area is 262 Å². The Morgan fingerprint density at radius 2 is 0.933 bits per heavy atom. The topological polar surface area (TPSA) is 37.6 Å². The molecule has 0 unspecified atom stereocenters. The van der Waals surface area contributed by atoms with Crippen LogP contribution in [0.15, 0.2) is 108 Å². The molecule has 0 fully saturated rings. The fraction of sp³-hybridized carbons (Fsp3) is 0.211. The predicted octanol–water partition coefficient (Wildman–Crippen LogP) is 8.28. The summed E-state index contributed by atoms with van der Waals surface area (Å²) in [7, 11) is 0. The maximum absolute atomic E-state index is 17.6. The molecule has 6 heterocycles. The highest BCUT2D eigenvalue weighted by atomic mass is 19.2. The van der Waals surface area contributed by atoms with Gasteiger partial charge in [0.1, 0.15) is 5.41 Å². The van der Waals surface area contributed by atoms with Crippen molar-refractivity contribution in [3.8, 4) is 0 Å². The van der Waals surface area contributed by atoms with Crippen molar-refractivity contribution in [1.29, 1.82) is 0 Å². The molecule has 4 aliphatic rings. The lowest BCUT2D eigenvalue weighted by Gasteiger charge is -2.32. The normalized spacial score (nSPS) is 23.6. The van der Waals surface area contributed by atoms with Gasteiger partial charge < -0.3 is 18.6 Å². The zero-order chi connectivity index (χ0) is 31.5. The third-order valence-electron chi connectivity index (χ3n) is 10.2. The lowest BCUT2D eigenvalue weighted by molar-refractivity contribution is -0.518. The van der Waals surface area contributed by atoms with Crippen molar-refractivity contribution in [3.63, 3.8) is 0 Å². The lowest BCUT2D eigenvalue weighted by Crippen LogP contribution is -2.60. The van der Waals surface area contributed by atoms with Gasteiger partial charge in [0.2, 0.25) is 0 Å². The third-order valence-corrected chi connectivity index (χ3v) is 10.2. The van der Waals surface area contributed by atoms with Crippen LogP contribution in [0, 0.1) is 19.3 Å². The second-order valence-corrected chi connectivity index (χ2v) is 13.8. The number of aryl methyl sites for hydroxylation is 2. The molecule has 224 valence electrons. The van der Waals surface area contributed by atoms with Crippen LogP contribution in [-0.4, -0.2) is 37.3 Å². The number of rotatable bonds is 2. The molecule has 0 spiro atoms. The summed E-state index contributed by atoms with van der Waals surface area (Å²) >= 11 is 0. The van der Waals surface area contributed by atoms with Gasteiger partial charge in [-0.15, -0.1) is 0 Å². The van der Waals surface area contributed by atoms with Crippen LogP contribution >= 0.6 is 0 Å². The Hall–Kier alpha value is -4.78. The Bertz CT molecular complexity index is 1980. The van der Waals surface area contributed by atoms with Crippen molar-refractivity contribution in [2.45, 2.75) is 47.0 Å². The quantitative estimate of drug-likeness (QED) is 0.218. The van der Waals surface area contributed by atoms with E-state index >= 15 is 8.63 Å². The molecule has 4 aliphatic heterocycles. The molecule has 8 rings (SSSR count). The molecule has 0 aliphatic carbocycles. The fourth-order valence-corrected chi connectivity index (χ4v) is 7.52. The maximum Gasteiger partial charge on any atom is 0.924 e. The molecule has 2 N–H and O–H groups in total. The van der Waals surface area contributed by atoms with Gasteiger partial charge in [-0.25, -0.2) is 0 Å². The molecular weight excluding hydrogens is 561 g/mol. The molecule has 0 amide bonds. The largest absolute Gasteiger partial charge is 0.924 e. The van der Waals surface area contributed by atoms with Gasteiger partial charge in [-0.1, -0.05) is 59.7 Å². The highest BCUT2D eigenvalue weighted by molar-refractivity contribution is 6.53. The van der Waals surface area contributed by atoms with Crippen LogP contribution < -0.4 is 0 Å². The van der Waals surface area contributed by atoms with Crippen molar-refractivity contribution in [1.82, 2.24) is 9.97 Å². The third kappa shape index (κ3) is 3.82. The van der Waals surface area contributed by atoms with Crippen molar-refractivity contribution in [2.24, 2.45) is 5.41 Å². The number of allylic oxidation sites excluding steroid dienone is 4. The Balaban J connectivity index is 1.52. The van der Waals surface area contributed by atoms with E-state index in [-0.39, 0.29) is 0 Å². The zero-order valence-corrected chi connectivity index (χ0v) is 26.5. The molecule has 6 bridgehead atoms. The summed E-state index contributed by atoms with van der Waals surface area (Å²) in [4.78, 5) is 7.35. The van der Waals surface area contributed by atoms with E-state index in [0.717, 1.165) is 56.2 Å². The van der Waals surface area contributed by atoms with Gasteiger partial charge >= 0.3 is 6.97 Å². The van der Waals surface area contributed by atoms with Gasteiger partial charge in [0.25, 0.3) is 0 Å². The van der Waals surface area contributed by atoms with Crippen LogP contribution in [0.1, 0.15) is 72.7 Å². The first kappa shape index (κ1) is 27.8. The first-order chi connectivity index (χ1) is 21.4. The molecule has 0 saturated heterocycles. The molecule has 7 heteroatoms. The van der Waals surface area contributed by atoms with E-state index in [1.807, 2.05) is 113 Å². The second kappa shape index (κ2) is 9.13. The summed E-state index contributed by atoms with van der Waals surface area (Å²) in [5.74, 6) is 0. The first-order valence-electron chi connectivity index (χ1n) is 15.6. The van der Waals surface area contributed by atoms with Gasteiger partial charge in [-0.2, -0.15) is 0 Å². The smallest absolute Gasteiger partial charge is 0.357 e. The molecule has 4 aromatic rings. The Kier molecular flexibility index (Phi) is 5.63. The molecule has 0 radical (unpaired) electrons. The number of nitrogens with zero attached hydrogens (tertiary/aromatic N) is 2. The minimum atomic E-state index is -4.31. The average molecular weight is 598 g/mol. The van der Waals surface area contributed by atoms with E-state index in [9.17, 15) is 0 Å². The number of hydrogen-bond donors (Lipinski definition) is 2. The minimum Gasteiger partial charge on any atom is -0.357 e. The van der Waals surface area contributed by atoms with E-state index in [2.05, 4.69) is 35.9 Å². The van der Waals surface area contributed by atoms with Crippen LogP contribution in [0.4, 0.5) is 8.63 Å². The number of halogens is 2. The van der Waals surface area contributed by atoms with Crippen LogP contribution in [0.2, 0.25) is 0 Å². The van der Waals surface area contributed by atoms with Crippen molar-refractivity contribution in [3.05, 3.63) is 154 Å². The van der Waals surface area contributed by atoms with Crippen LogP contribution in [0.25, 0.3) is 11.1 Å². The summed E-state index contributed by atoms with van der Waals surface area (Å²) < 4.78 is 37.9. The molecule has 0 saturated carbocycles. The summed E-state index contributed by atoms with van der Waals surface area (Å²) in [5, 5.41) is 0. The standard InChI is InChI=1S/C38H36BF2N4/c1-23-7-11-25(12-8-23)35-27-15-19-31(42-27)37(3,4)32-20-16-28(43-32)36(26-13-9-24(2)10-14-26)30-18-22-34-38(5,6)33-21-17-29(35)44(33)39(40,41)45(30)34/h7-22,42-43H,1-6H3/q+1/b35-29+,36-30+. The maximum atomic E-state index is 17.6. The van der Waals surface area contributed by atoms with E-state index < -0.39 is 17.8 Å². The van der Waals surface area contributed by atoms with Crippen LogP contribution in [0.5, 0.6) is 0 Å². The summed E-state index contributed by atoms with van der Waals surface area (Å²) in [6, 6.07) is 24.5. The van der Waals surface area contributed by atoms with E-state index in [1.54, 1.807) is 0 Å². The van der Waals surface area contributed by atoms with E-state index in [0.29, 0.717) is 22.8 Å². The summed E-state index contributed by atoms with van der Waals surface area (Å²) in [6.45, 7) is 8.24. The number of aromatic nitrogens is 2. The van der Waals surface area contributed by atoms with Gasteiger partial charge in [0.05, 0.1) is 22.5 Å². The van der Waals surface area contributed by atoms with Crippen molar-refractivity contribution < 1.29 is 17.6 Å². The number of aromatic amines is 2. The molecule has 2 aromatic carbocycles. The fourth-order valence-electron chi connectivity index (χ4n) is 7.52. The van der Waals surface area contributed by atoms with Crippen molar-refractivity contribution in [2.75, 3.05) is 0 Å². The molecular formula is C38H36BF2N4+. The van der Waals surface area contributed by atoms with Crippen LogP contribution in [0.3, 0.4) is 0 Å². The summed E-state index contributed by atoms with van der Waals surface area (Å²) in [5.41, 5.74) is 10.2. The highest BCUT2D eigenvalue weighted by Gasteiger charge is 2.69. The van der Waals surface area contributed by atoms with Crippen LogP contribution in [-0.2, 0) is 5.41 Å². The van der Waals surface area contributed by atoms with Gasteiger partial charge in [0, 0.05) is 41.1 Å². The Morgan fingerprint density at radius 1 is 0.533 bits per heavy atom. The molecule has 4 nitrogen and oxygen atoms in total. The number of benzene rings is 2. The highest BCUT2D eigenvalue weighted by Crippen LogP contribution is 2.45. The zero-order valence-electron chi connectivity index (χ0n) is 26.5. The second-order valence-electron chi connectivity index (χ2n) is 13.8. The summed E-state index contributed by atoms with van der Waals surface area (Å²) in [6.07, 6.45) is 7.55. The molecule has 2 aromatic heterocycles. The predicted molar refractivity (Wildman–Crippen MR) is 179 cm³/mol. The number of nitrogens with one attached hydrogen (secondary N) is 2. The average Bonchev–Trinajstić information content (AvgIpc) is 3.81. The van der Waals surface area contributed by atoms with Crippen molar-refractivity contribution >= 4 is 29.5 Å². The lowest BCUT2D eigenvalue weighted by atomic mass is 9.75. The molecule has 0 atom stereocenters. The minimum absolute atomic E-state index is 0.412.